The topological polar surface area (TPSA) is 35.5 Å². The highest BCUT2D eigenvalue weighted by Gasteiger charge is 2.24. The van der Waals surface area contributed by atoms with Crippen LogP contribution in [0.1, 0.15) is 52.4 Å². The van der Waals surface area contributed by atoms with Crippen molar-refractivity contribution < 1.29 is 5.11 Å². The second kappa shape index (κ2) is 8.13. The van der Waals surface area contributed by atoms with Crippen LogP contribution in [0.2, 0.25) is 0 Å². The van der Waals surface area contributed by atoms with Gasteiger partial charge in [-0.1, -0.05) is 33.1 Å². The van der Waals surface area contributed by atoms with E-state index < -0.39 is 0 Å². The minimum atomic E-state index is -0.149. The van der Waals surface area contributed by atoms with Crippen LogP contribution in [0.4, 0.5) is 0 Å². The number of rotatable bonds is 6. The standard InChI is InChI=1S/C15H32N2O/c1-12(2)10-13(11-17(3)4)16-14-8-6-5-7-9-15(14)18/h12-16,18H,5-11H2,1-4H3. The highest BCUT2D eigenvalue weighted by molar-refractivity contribution is 4.83. The lowest BCUT2D eigenvalue weighted by Gasteiger charge is -2.30. The predicted octanol–water partition coefficient (Wildman–Crippen LogP) is 2.25. The lowest BCUT2D eigenvalue weighted by molar-refractivity contribution is 0.108. The lowest BCUT2D eigenvalue weighted by Crippen LogP contribution is -2.49. The van der Waals surface area contributed by atoms with Gasteiger partial charge in [-0.05, 0) is 39.3 Å². The van der Waals surface area contributed by atoms with Gasteiger partial charge in [-0.3, -0.25) is 0 Å². The van der Waals surface area contributed by atoms with Gasteiger partial charge in [0.05, 0.1) is 6.10 Å². The molecule has 3 nitrogen and oxygen atoms in total. The molecule has 1 aliphatic carbocycles. The van der Waals surface area contributed by atoms with Gasteiger partial charge in [-0.2, -0.15) is 0 Å². The molecule has 0 aromatic rings. The molecule has 0 aromatic carbocycles. The van der Waals surface area contributed by atoms with Crippen molar-refractivity contribution in [2.24, 2.45) is 5.92 Å². The van der Waals surface area contributed by atoms with Gasteiger partial charge in [0, 0.05) is 18.6 Å². The molecule has 2 N–H and O–H groups in total. The molecule has 1 fully saturated rings. The maximum atomic E-state index is 10.2. The maximum absolute atomic E-state index is 10.2. The summed E-state index contributed by atoms with van der Waals surface area (Å²) in [5.41, 5.74) is 0. The van der Waals surface area contributed by atoms with E-state index in [1.54, 1.807) is 0 Å². The third kappa shape index (κ3) is 6.17. The molecule has 1 aliphatic rings. The SMILES string of the molecule is CC(C)CC(CN(C)C)NC1CCCCCC1O. The molecule has 3 atom stereocenters. The molecule has 0 aliphatic heterocycles. The van der Waals surface area contributed by atoms with E-state index in [1.165, 1.54) is 25.7 Å². The van der Waals surface area contributed by atoms with E-state index in [0.29, 0.717) is 18.0 Å². The molecule has 0 heterocycles. The predicted molar refractivity (Wildman–Crippen MR) is 77.8 cm³/mol. The summed E-state index contributed by atoms with van der Waals surface area (Å²) in [6.07, 6.45) is 6.84. The summed E-state index contributed by atoms with van der Waals surface area (Å²) in [7, 11) is 4.25. The highest BCUT2D eigenvalue weighted by atomic mass is 16.3. The number of nitrogens with one attached hydrogen (secondary N) is 1. The lowest BCUT2D eigenvalue weighted by atomic mass is 9.99. The first-order valence-corrected chi connectivity index (χ1v) is 7.58. The molecule has 3 heteroatoms. The smallest absolute Gasteiger partial charge is 0.0693 e. The van der Waals surface area contributed by atoms with Crippen LogP contribution < -0.4 is 5.32 Å². The third-order valence-electron chi connectivity index (χ3n) is 3.77. The first kappa shape index (κ1) is 15.9. The molecule has 0 aromatic heterocycles. The summed E-state index contributed by atoms with van der Waals surface area (Å²) in [4.78, 5) is 2.24. The van der Waals surface area contributed by atoms with Crippen LogP contribution >= 0.6 is 0 Å². The fraction of sp³-hybridized carbons (Fsp3) is 1.00. The Labute approximate surface area is 113 Å². The molecular weight excluding hydrogens is 224 g/mol. The molecule has 0 amide bonds. The van der Waals surface area contributed by atoms with Crippen molar-refractivity contribution in [3.05, 3.63) is 0 Å². The van der Waals surface area contributed by atoms with Crippen LogP contribution in [0.15, 0.2) is 0 Å². The average molecular weight is 256 g/mol. The van der Waals surface area contributed by atoms with Gasteiger partial charge in [0.15, 0.2) is 0 Å². The summed E-state index contributed by atoms with van der Waals surface area (Å²) in [6.45, 7) is 5.60. The van der Waals surface area contributed by atoms with Crippen LogP contribution in [-0.4, -0.2) is 48.8 Å². The minimum absolute atomic E-state index is 0.149. The Balaban J connectivity index is 2.51. The van der Waals surface area contributed by atoms with E-state index in [4.69, 9.17) is 0 Å². The van der Waals surface area contributed by atoms with E-state index in [2.05, 4.69) is 38.2 Å². The van der Waals surface area contributed by atoms with Gasteiger partial charge in [0.25, 0.3) is 0 Å². The first-order valence-electron chi connectivity index (χ1n) is 7.58. The average Bonchev–Trinajstić information content (AvgIpc) is 2.42. The Hall–Kier alpha value is -0.120. The van der Waals surface area contributed by atoms with Gasteiger partial charge in [0.2, 0.25) is 0 Å². The fourth-order valence-electron chi connectivity index (χ4n) is 2.99. The second-order valence-corrected chi connectivity index (χ2v) is 6.57. The zero-order chi connectivity index (χ0) is 13.5. The van der Waals surface area contributed by atoms with Crippen molar-refractivity contribution in [3.8, 4) is 0 Å². The monoisotopic (exact) mass is 256 g/mol. The van der Waals surface area contributed by atoms with Gasteiger partial charge in [0.1, 0.15) is 0 Å². The molecule has 0 radical (unpaired) electrons. The Morgan fingerprint density at radius 2 is 1.83 bits per heavy atom. The van der Waals surface area contributed by atoms with Crippen molar-refractivity contribution in [3.63, 3.8) is 0 Å². The maximum Gasteiger partial charge on any atom is 0.0693 e. The van der Waals surface area contributed by atoms with E-state index in [0.717, 1.165) is 19.4 Å². The minimum Gasteiger partial charge on any atom is -0.392 e. The summed E-state index contributed by atoms with van der Waals surface area (Å²) >= 11 is 0. The number of aliphatic hydroxyl groups is 1. The fourth-order valence-corrected chi connectivity index (χ4v) is 2.99. The summed E-state index contributed by atoms with van der Waals surface area (Å²) in [5.74, 6) is 0.699. The van der Waals surface area contributed by atoms with Crippen LogP contribution in [0.25, 0.3) is 0 Å². The van der Waals surface area contributed by atoms with Crippen molar-refractivity contribution in [2.45, 2.75) is 70.6 Å². The van der Waals surface area contributed by atoms with Crippen LogP contribution in [0.5, 0.6) is 0 Å². The Morgan fingerprint density at radius 1 is 1.17 bits per heavy atom. The Morgan fingerprint density at radius 3 is 2.44 bits per heavy atom. The second-order valence-electron chi connectivity index (χ2n) is 6.57. The van der Waals surface area contributed by atoms with Crippen LogP contribution in [0, 0.1) is 5.92 Å². The first-order chi connectivity index (χ1) is 8.49. The van der Waals surface area contributed by atoms with Crippen molar-refractivity contribution in [1.82, 2.24) is 10.2 Å². The summed E-state index contributed by atoms with van der Waals surface area (Å²) < 4.78 is 0. The van der Waals surface area contributed by atoms with Crippen molar-refractivity contribution in [2.75, 3.05) is 20.6 Å². The number of hydrogen-bond donors (Lipinski definition) is 2. The molecular formula is C15H32N2O. The van der Waals surface area contributed by atoms with Gasteiger partial charge in [-0.15, -0.1) is 0 Å². The molecule has 0 saturated heterocycles. The largest absolute Gasteiger partial charge is 0.392 e. The van der Waals surface area contributed by atoms with Crippen molar-refractivity contribution >= 4 is 0 Å². The zero-order valence-electron chi connectivity index (χ0n) is 12.7. The van der Waals surface area contributed by atoms with Gasteiger partial charge >= 0.3 is 0 Å². The highest BCUT2D eigenvalue weighted by Crippen LogP contribution is 2.19. The van der Waals surface area contributed by atoms with E-state index in [-0.39, 0.29) is 6.10 Å². The quantitative estimate of drug-likeness (QED) is 0.716. The van der Waals surface area contributed by atoms with Crippen molar-refractivity contribution in [1.29, 1.82) is 0 Å². The molecule has 1 saturated carbocycles. The number of hydrogen-bond acceptors (Lipinski definition) is 3. The van der Waals surface area contributed by atoms with Crippen LogP contribution in [-0.2, 0) is 0 Å². The van der Waals surface area contributed by atoms with Gasteiger partial charge < -0.3 is 15.3 Å². The normalized spacial score (nSPS) is 27.5. The number of nitrogens with zero attached hydrogens (tertiary/aromatic N) is 1. The number of aliphatic hydroxyl groups excluding tert-OH is 1. The molecule has 18 heavy (non-hydrogen) atoms. The Bertz CT molecular complexity index is 209. The van der Waals surface area contributed by atoms with Gasteiger partial charge in [-0.25, -0.2) is 0 Å². The number of likely N-dealkylation sites (N-methyl/N-ethyl adjacent to an activating group) is 1. The molecule has 0 bridgehead atoms. The molecule has 0 spiro atoms. The van der Waals surface area contributed by atoms with Crippen LogP contribution in [0.3, 0.4) is 0 Å². The molecule has 108 valence electrons. The Kier molecular flexibility index (Phi) is 7.20. The molecule has 3 unspecified atom stereocenters. The molecule has 1 rings (SSSR count). The van der Waals surface area contributed by atoms with E-state index in [1.807, 2.05) is 0 Å². The van der Waals surface area contributed by atoms with E-state index >= 15 is 0 Å². The third-order valence-corrected chi connectivity index (χ3v) is 3.77. The zero-order valence-corrected chi connectivity index (χ0v) is 12.7. The summed E-state index contributed by atoms with van der Waals surface area (Å²) in [5, 5.41) is 13.9. The van der Waals surface area contributed by atoms with E-state index in [9.17, 15) is 5.11 Å². The summed E-state index contributed by atoms with van der Waals surface area (Å²) in [6, 6.07) is 0.800.